The van der Waals surface area contributed by atoms with E-state index in [0.717, 1.165) is 11.3 Å². The number of carbonyl (C=O) groups is 2. The van der Waals surface area contributed by atoms with Gasteiger partial charge in [-0.1, -0.05) is 0 Å². The highest BCUT2D eigenvalue weighted by atomic mass is 16.2. The second-order valence-corrected chi connectivity index (χ2v) is 4.75. The summed E-state index contributed by atoms with van der Waals surface area (Å²) in [6, 6.07) is 5.12. The topological polar surface area (TPSA) is 61.4 Å². The van der Waals surface area contributed by atoms with Crippen LogP contribution in [0.15, 0.2) is 18.2 Å². The predicted molar refractivity (Wildman–Crippen MR) is 74.2 cm³/mol. The molecule has 0 bridgehead atoms. The zero-order valence-corrected chi connectivity index (χ0v) is 11.5. The van der Waals surface area contributed by atoms with E-state index in [9.17, 15) is 9.59 Å². The van der Waals surface area contributed by atoms with Crippen molar-refractivity contribution in [3.05, 3.63) is 29.3 Å². The molecule has 1 aromatic carbocycles. The summed E-state index contributed by atoms with van der Waals surface area (Å²) in [5, 5.41) is 5.82. The van der Waals surface area contributed by atoms with Gasteiger partial charge in [-0.2, -0.15) is 0 Å². The van der Waals surface area contributed by atoms with Gasteiger partial charge < -0.3 is 15.5 Å². The van der Waals surface area contributed by atoms with Gasteiger partial charge in [0.15, 0.2) is 0 Å². The number of hydrogen-bond acceptors (Lipinski definition) is 3. The molecular formula is C14H19N3O2. The first kappa shape index (κ1) is 13.4. The summed E-state index contributed by atoms with van der Waals surface area (Å²) in [4.78, 5) is 25.6. The van der Waals surface area contributed by atoms with E-state index < -0.39 is 6.04 Å². The Kier molecular flexibility index (Phi) is 3.74. The van der Waals surface area contributed by atoms with Crippen molar-refractivity contribution < 1.29 is 9.59 Å². The van der Waals surface area contributed by atoms with Crippen molar-refractivity contribution in [1.82, 2.24) is 10.2 Å². The van der Waals surface area contributed by atoms with Gasteiger partial charge in [0, 0.05) is 31.4 Å². The molecule has 2 amide bonds. The number of anilines is 1. The van der Waals surface area contributed by atoms with Crippen LogP contribution in [0.4, 0.5) is 5.69 Å². The van der Waals surface area contributed by atoms with Crippen LogP contribution in [0.3, 0.4) is 0 Å². The summed E-state index contributed by atoms with van der Waals surface area (Å²) in [6.07, 6.45) is 0. The molecule has 0 spiro atoms. The van der Waals surface area contributed by atoms with E-state index in [1.165, 1.54) is 0 Å². The molecular weight excluding hydrogens is 242 g/mol. The van der Waals surface area contributed by atoms with Crippen LogP contribution in [0, 0.1) is 6.92 Å². The van der Waals surface area contributed by atoms with Crippen LogP contribution in [0.5, 0.6) is 0 Å². The van der Waals surface area contributed by atoms with Crippen molar-refractivity contribution in [3.63, 3.8) is 0 Å². The Bertz CT molecular complexity index is 513. The number of amides is 2. The zero-order valence-electron chi connectivity index (χ0n) is 11.5. The fourth-order valence-corrected chi connectivity index (χ4v) is 2.30. The SMILES string of the molecule is CNc1ccc(C(=O)N2CCNC(=O)C2C)cc1C. The van der Waals surface area contributed by atoms with E-state index in [4.69, 9.17) is 0 Å². The third kappa shape index (κ3) is 2.54. The summed E-state index contributed by atoms with van der Waals surface area (Å²) >= 11 is 0. The minimum Gasteiger partial charge on any atom is -0.388 e. The third-order valence-electron chi connectivity index (χ3n) is 3.50. The predicted octanol–water partition coefficient (Wildman–Crippen LogP) is 0.997. The van der Waals surface area contributed by atoms with Crippen LogP contribution in [0.25, 0.3) is 0 Å². The van der Waals surface area contributed by atoms with Crippen molar-refractivity contribution in [2.45, 2.75) is 19.9 Å². The molecule has 1 aliphatic heterocycles. The summed E-state index contributed by atoms with van der Waals surface area (Å²) in [6.45, 7) is 4.78. The Hall–Kier alpha value is -2.04. The van der Waals surface area contributed by atoms with Gasteiger partial charge in [0.25, 0.3) is 5.91 Å². The molecule has 1 aliphatic rings. The number of aryl methyl sites for hydroxylation is 1. The minimum absolute atomic E-state index is 0.0897. The van der Waals surface area contributed by atoms with Crippen LogP contribution < -0.4 is 10.6 Å². The second kappa shape index (κ2) is 5.30. The largest absolute Gasteiger partial charge is 0.388 e. The number of nitrogens with zero attached hydrogens (tertiary/aromatic N) is 1. The zero-order chi connectivity index (χ0) is 14.0. The standard InChI is InChI=1S/C14H19N3O2/c1-9-8-11(4-5-12(9)15-3)14(19)17-7-6-16-13(18)10(17)2/h4-5,8,10,15H,6-7H2,1-3H3,(H,16,18). The number of benzene rings is 1. The molecule has 1 atom stereocenters. The van der Waals surface area contributed by atoms with Crippen molar-refractivity contribution in [1.29, 1.82) is 0 Å². The lowest BCUT2D eigenvalue weighted by molar-refractivity contribution is -0.127. The lowest BCUT2D eigenvalue weighted by Crippen LogP contribution is -2.55. The molecule has 1 heterocycles. The van der Waals surface area contributed by atoms with Crippen molar-refractivity contribution >= 4 is 17.5 Å². The molecule has 1 aromatic rings. The van der Waals surface area contributed by atoms with E-state index in [2.05, 4.69) is 10.6 Å². The highest BCUT2D eigenvalue weighted by Crippen LogP contribution is 2.18. The Morgan fingerprint density at radius 3 is 2.84 bits per heavy atom. The summed E-state index contributed by atoms with van der Waals surface area (Å²) in [5.74, 6) is -0.184. The lowest BCUT2D eigenvalue weighted by atomic mass is 10.1. The quantitative estimate of drug-likeness (QED) is 0.835. The highest BCUT2D eigenvalue weighted by Gasteiger charge is 2.29. The van der Waals surface area contributed by atoms with Crippen molar-refractivity contribution in [2.24, 2.45) is 0 Å². The van der Waals surface area contributed by atoms with Gasteiger partial charge in [0.05, 0.1) is 0 Å². The van der Waals surface area contributed by atoms with E-state index >= 15 is 0 Å². The highest BCUT2D eigenvalue weighted by molar-refractivity contribution is 5.98. The average Bonchev–Trinajstić information content (AvgIpc) is 2.41. The van der Waals surface area contributed by atoms with Gasteiger partial charge in [-0.3, -0.25) is 9.59 Å². The average molecular weight is 261 g/mol. The molecule has 19 heavy (non-hydrogen) atoms. The first-order chi connectivity index (χ1) is 9.04. The van der Waals surface area contributed by atoms with Crippen LogP contribution in [0.2, 0.25) is 0 Å². The monoisotopic (exact) mass is 261 g/mol. The number of nitrogens with one attached hydrogen (secondary N) is 2. The number of hydrogen-bond donors (Lipinski definition) is 2. The summed E-state index contributed by atoms with van der Waals surface area (Å²) < 4.78 is 0. The molecule has 5 nitrogen and oxygen atoms in total. The molecule has 1 saturated heterocycles. The molecule has 0 aliphatic carbocycles. The maximum absolute atomic E-state index is 12.4. The Labute approximate surface area is 113 Å². The molecule has 1 fully saturated rings. The first-order valence-corrected chi connectivity index (χ1v) is 6.41. The molecule has 5 heteroatoms. The maximum atomic E-state index is 12.4. The second-order valence-electron chi connectivity index (χ2n) is 4.75. The fourth-order valence-electron chi connectivity index (χ4n) is 2.30. The molecule has 102 valence electrons. The van der Waals surface area contributed by atoms with Crippen molar-refractivity contribution in [3.8, 4) is 0 Å². The van der Waals surface area contributed by atoms with Crippen molar-refractivity contribution in [2.75, 3.05) is 25.5 Å². The molecule has 2 rings (SSSR count). The first-order valence-electron chi connectivity index (χ1n) is 6.41. The van der Waals surface area contributed by atoms with Gasteiger partial charge >= 0.3 is 0 Å². The molecule has 0 saturated carbocycles. The van der Waals surface area contributed by atoms with Gasteiger partial charge in [-0.25, -0.2) is 0 Å². The van der Waals surface area contributed by atoms with Gasteiger partial charge in [-0.15, -0.1) is 0 Å². The number of carbonyl (C=O) groups excluding carboxylic acids is 2. The number of piperazine rings is 1. The van der Waals surface area contributed by atoms with Gasteiger partial charge in [0.2, 0.25) is 5.91 Å². The van der Waals surface area contributed by atoms with Gasteiger partial charge in [0.1, 0.15) is 6.04 Å². The minimum atomic E-state index is -0.412. The van der Waals surface area contributed by atoms with Crippen LogP contribution in [-0.4, -0.2) is 42.9 Å². The normalized spacial score (nSPS) is 19.0. The van der Waals surface area contributed by atoms with E-state index in [1.807, 2.05) is 26.1 Å². The Morgan fingerprint density at radius 1 is 1.47 bits per heavy atom. The van der Waals surface area contributed by atoms with E-state index in [0.29, 0.717) is 18.7 Å². The van der Waals surface area contributed by atoms with Gasteiger partial charge in [-0.05, 0) is 37.6 Å². The lowest BCUT2D eigenvalue weighted by Gasteiger charge is -2.33. The van der Waals surface area contributed by atoms with Crippen LogP contribution >= 0.6 is 0 Å². The van der Waals surface area contributed by atoms with Crippen LogP contribution in [0.1, 0.15) is 22.8 Å². The molecule has 1 unspecified atom stereocenters. The third-order valence-corrected chi connectivity index (χ3v) is 3.50. The fraction of sp³-hybridized carbons (Fsp3) is 0.429. The molecule has 0 aromatic heterocycles. The summed E-state index contributed by atoms with van der Waals surface area (Å²) in [7, 11) is 1.85. The maximum Gasteiger partial charge on any atom is 0.254 e. The van der Waals surface area contributed by atoms with E-state index in [1.54, 1.807) is 17.9 Å². The Morgan fingerprint density at radius 2 is 2.21 bits per heavy atom. The summed E-state index contributed by atoms with van der Waals surface area (Å²) in [5.41, 5.74) is 2.64. The molecule has 0 radical (unpaired) electrons. The number of rotatable bonds is 2. The smallest absolute Gasteiger partial charge is 0.254 e. The van der Waals surface area contributed by atoms with Crippen LogP contribution in [-0.2, 0) is 4.79 Å². The Balaban J connectivity index is 2.24. The van der Waals surface area contributed by atoms with E-state index in [-0.39, 0.29) is 11.8 Å². The molecule has 2 N–H and O–H groups in total.